The van der Waals surface area contributed by atoms with E-state index in [2.05, 4.69) is 15.6 Å². The second-order valence-corrected chi connectivity index (χ2v) is 6.37. The summed E-state index contributed by atoms with van der Waals surface area (Å²) in [5, 5.41) is 6.08. The molecule has 124 valence electrons. The van der Waals surface area contributed by atoms with E-state index < -0.39 is 11.7 Å². The zero-order chi connectivity index (χ0) is 16.9. The third-order valence-electron chi connectivity index (χ3n) is 2.94. The average Bonchev–Trinajstić information content (AvgIpc) is 2.98. The van der Waals surface area contributed by atoms with Gasteiger partial charge < -0.3 is 19.8 Å². The van der Waals surface area contributed by atoms with Crippen LogP contribution < -0.4 is 10.6 Å². The minimum absolute atomic E-state index is 0.0486. The Labute approximate surface area is 136 Å². The highest BCUT2D eigenvalue weighted by Gasteiger charge is 2.16. The molecule has 2 aromatic rings. The molecule has 0 bridgehead atoms. The van der Waals surface area contributed by atoms with Crippen LogP contribution in [-0.4, -0.2) is 29.3 Å². The van der Waals surface area contributed by atoms with Crippen LogP contribution in [0.15, 0.2) is 41.3 Å². The number of oxazole rings is 1. The summed E-state index contributed by atoms with van der Waals surface area (Å²) in [7, 11) is 0. The average molecular weight is 317 g/mol. The number of aromatic nitrogens is 1. The van der Waals surface area contributed by atoms with E-state index in [0.717, 1.165) is 11.3 Å². The molecule has 2 N–H and O–H groups in total. The first-order chi connectivity index (χ1) is 10.8. The Bertz CT molecular complexity index is 633. The number of carbonyl (C=O) groups excluding carboxylic acids is 1. The lowest BCUT2D eigenvalue weighted by atomic mass is 10.1. The number of benzene rings is 1. The van der Waals surface area contributed by atoms with Gasteiger partial charge in [-0.15, -0.1) is 0 Å². The van der Waals surface area contributed by atoms with E-state index >= 15 is 0 Å². The highest BCUT2D eigenvalue weighted by atomic mass is 16.6. The number of nitrogens with one attached hydrogen (secondary N) is 2. The molecule has 1 aromatic carbocycles. The molecule has 1 unspecified atom stereocenters. The first-order valence-electron chi connectivity index (χ1n) is 7.56. The molecule has 2 rings (SSSR count). The summed E-state index contributed by atoms with van der Waals surface area (Å²) in [4.78, 5) is 15.6. The van der Waals surface area contributed by atoms with Crippen LogP contribution >= 0.6 is 0 Å². The summed E-state index contributed by atoms with van der Waals surface area (Å²) < 4.78 is 10.5. The Balaban J connectivity index is 1.87. The van der Waals surface area contributed by atoms with Crippen LogP contribution in [0.1, 0.15) is 27.7 Å². The minimum atomic E-state index is -0.494. The van der Waals surface area contributed by atoms with Crippen LogP contribution in [0.3, 0.4) is 0 Å². The van der Waals surface area contributed by atoms with Gasteiger partial charge >= 0.3 is 6.09 Å². The molecule has 0 radical (unpaired) electrons. The molecule has 0 saturated carbocycles. The van der Waals surface area contributed by atoms with Crippen LogP contribution in [0.4, 0.5) is 10.5 Å². The van der Waals surface area contributed by atoms with E-state index in [1.165, 1.54) is 6.39 Å². The number of rotatable bonds is 5. The van der Waals surface area contributed by atoms with Crippen molar-refractivity contribution in [2.45, 2.75) is 39.3 Å². The van der Waals surface area contributed by atoms with Gasteiger partial charge in [0.1, 0.15) is 5.60 Å². The largest absolute Gasteiger partial charge is 0.444 e. The van der Waals surface area contributed by atoms with E-state index in [9.17, 15) is 4.79 Å². The number of anilines is 1. The van der Waals surface area contributed by atoms with Crippen LogP contribution in [0, 0.1) is 0 Å². The lowest BCUT2D eigenvalue weighted by molar-refractivity contribution is 0.0526. The third-order valence-corrected chi connectivity index (χ3v) is 2.94. The molecule has 6 nitrogen and oxygen atoms in total. The van der Waals surface area contributed by atoms with Gasteiger partial charge in [0.15, 0.2) is 12.2 Å². The third kappa shape index (κ3) is 5.65. The molecule has 1 amide bonds. The van der Waals surface area contributed by atoms with Gasteiger partial charge in [-0.25, -0.2) is 9.78 Å². The summed E-state index contributed by atoms with van der Waals surface area (Å²) in [6.07, 6.45) is 2.66. The van der Waals surface area contributed by atoms with Crippen molar-refractivity contribution < 1.29 is 13.9 Å². The number of alkyl carbamates (subject to hydrolysis) is 1. The fourth-order valence-corrected chi connectivity index (χ4v) is 2.01. The highest BCUT2D eigenvalue weighted by Crippen LogP contribution is 2.22. The second kappa shape index (κ2) is 7.17. The maximum absolute atomic E-state index is 11.6. The van der Waals surface area contributed by atoms with Crippen LogP contribution in [0.5, 0.6) is 0 Å². The number of amides is 1. The van der Waals surface area contributed by atoms with Crippen LogP contribution in [-0.2, 0) is 4.74 Å². The van der Waals surface area contributed by atoms with Gasteiger partial charge in [-0.3, -0.25) is 0 Å². The Morgan fingerprint density at radius 3 is 2.83 bits per heavy atom. The SMILES string of the molecule is CC(CNC(=O)OC(C)(C)C)Nc1cccc(-c2cnco2)c1. The van der Waals surface area contributed by atoms with Crippen molar-refractivity contribution in [3.63, 3.8) is 0 Å². The van der Waals surface area contributed by atoms with Crippen molar-refractivity contribution in [1.29, 1.82) is 0 Å². The van der Waals surface area contributed by atoms with Gasteiger partial charge in [0.25, 0.3) is 0 Å². The lowest BCUT2D eigenvalue weighted by Gasteiger charge is -2.21. The van der Waals surface area contributed by atoms with Crippen LogP contribution in [0.25, 0.3) is 11.3 Å². The Hall–Kier alpha value is -2.50. The quantitative estimate of drug-likeness (QED) is 0.880. The molecule has 23 heavy (non-hydrogen) atoms. The lowest BCUT2D eigenvalue weighted by Crippen LogP contribution is -2.38. The van der Waals surface area contributed by atoms with Gasteiger partial charge in [-0.2, -0.15) is 0 Å². The van der Waals surface area contributed by atoms with Gasteiger partial charge in [0.2, 0.25) is 0 Å². The first kappa shape index (κ1) is 16.9. The number of hydrogen-bond donors (Lipinski definition) is 2. The Morgan fingerprint density at radius 1 is 1.39 bits per heavy atom. The predicted octanol–water partition coefficient (Wildman–Crippen LogP) is 3.67. The van der Waals surface area contributed by atoms with E-state index in [1.54, 1.807) is 6.20 Å². The van der Waals surface area contributed by atoms with Crippen molar-refractivity contribution in [2.75, 3.05) is 11.9 Å². The van der Waals surface area contributed by atoms with Gasteiger partial charge in [0, 0.05) is 23.8 Å². The number of ether oxygens (including phenoxy) is 1. The smallest absolute Gasteiger partial charge is 0.407 e. The Kier molecular flexibility index (Phi) is 5.26. The highest BCUT2D eigenvalue weighted by molar-refractivity contribution is 5.68. The summed E-state index contributed by atoms with van der Waals surface area (Å²) in [6.45, 7) is 7.95. The standard InChI is InChI=1S/C17H23N3O3/c1-12(9-19-16(21)23-17(2,3)4)20-14-7-5-6-13(8-14)15-10-18-11-22-15/h5-8,10-12,20H,9H2,1-4H3,(H,19,21). The summed E-state index contributed by atoms with van der Waals surface area (Å²) in [6, 6.07) is 7.88. The molecule has 6 heteroatoms. The number of nitrogens with zero attached hydrogens (tertiary/aromatic N) is 1. The van der Waals surface area contributed by atoms with Crippen molar-refractivity contribution in [3.05, 3.63) is 36.9 Å². The van der Waals surface area contributed by atoms with Gasteiger partial charge in [-0.05, 0) is 39.8 Å². The van der Waals surface area contributed by atoms with Crippen molar-refractivity contribution >= 4 is 11.8 Å². The van der Waals surface area contributed by atoms with E-state index in [0.29, 0.717) is 12.3 Å². The molecule has 0 fully saturated rings. The van der Waals surface area contributed by atoms with Crippen LogP contribution in [0.2, 0.25) is 0 Å². The molecule has 0 aliphatic rings. The van der Waals surface area contributed by atoms with Gasteiger partial charge in [-0.1, -0.05) is 12.1 Å². The summed E-state index contributed by atoms with van der Waals surface area (Å²) in [5.41, 5.74) is 1.39. The summed E-state index contributed by atoms with van der Waals surface area (Å²) in [5.74, 6) is 0.716. The zero-order valence-corrected chi connectivity index (χ0v) is 13.9. The number of hydrogen-bond acceptors (Lipinski definition) is 5. The second-order valence-electron chi connectivity index (χ2n) is 6.37. The Morgan fingerprint density at radius 2 is 2.17 bits per heavy atom. The monoisotopic (exact) mass is 317 g/mol. The molecular formula is C17H23N3O3. The molecule has 0 spiro atoms. The molecule has 1 atom stereocenters. The zero-order valence-electron chi connectivity index (χ0n) is 13.9. The predicted molar refractivity (Wildman–Crippen MR) is 89.3 cm³/mol. The molecule has 0 aliphatic heterocycles. The molecule has 0 saturated heterocycles. The maximum Gasteiger partial charge on any atom is 0.407 e. The maximum atomic E-state index is 11.6. The van der Waals surface area contributed by atoms with E-state index in [-0.39, 0.29) is 6.04 Å². The van der Waals surface area contributed by atoms with Crippen molar-refractivity contribution in [1.82, 2.24) is 10.3 Å². The summed E-state index contributed by atoms with van der Waals surface area (Å²) >= 11 is 0. The number of carbonyl (C=O) groups is 1. The van der Waals surface area contributed by atoms with E-state index in [1.807, 2.05) is 52.0 Å². The van der Waals surface area contributed by atoms with E-state index in [4.69, 9.17) is 9.15 Å². The first-order valence-corrected chi connectivity index (χ1v) is 7.56. The minimum Gasteiger partial charge on any atom is -0.444 e. The molecular weight excluding hydrogens is 294 g/mol. The molecule has 1 aromatic heterocycles. The fraction of sp³-hybridized carbons (Fsp3) is 0.412. The topological polar surface area (TPSA) is 76.4 Å². The van der Waals surface area contributed by atoms with Crippen molar-refractivity contribution in [3.8, 4) is 11.3 Å². The van der Waals surface area contributed by atoms with Gasteiger partial charge in [0.05, 0.1) is 6.20 Å². The normalized spacial score (nSPS) is 12.5. The molecule has 0 aliphatic carbocycles. The fourth-order valence-electron chi connectivity index (χ4n) is 2.01. The van der Waals surface area contributed by atoms with Crippen molar-refractivity contribution in [2.24, 2.45) is 0 Å². The molecule has 1 heterocycles.